The van der Waals surface area contributed by atoms with E-state index in [1.54, 1.807) is 4.57 Å². The molecule has 1 aliphatic heterocycles. The number of anilines is 1. The minimum absolute atomic E-state index is 0.0322. The Hall–Kier alpha value is -0.630. The SMILES string of the molecule is Cn1c(N2CC3CC3C2)nc2c(I)cc(Br)cc2c1=O. The third-order valence-corrected chi connectivity index (χ3v) is 5.62. The number of piperidine rings is 1. The fourth-order valence-corrected chi connectivity index (χ4v) is 4.77. The van der Waals surface area contributed by atoms with E-state index in [1.807, 2.05) is 19.2 Å². The van der Waals surface area contributed by atoms with E-state index in [2.05, 4.69) is 43.4 Å². The van der Waals surface area contributed by atoms with Crippen molar-refractivity contribution in [1.82, 2.24) is 9.55 Å². The predicted octanol–water partition coefficient (Wildman–Crippen LogP) is 2.76. The van der Waals surface area contributed by atoms with Gasteiger partial charge >= 0.3 is 0 Å². The van der Waals surface area contributed by atoms with Gasteiger partial charge in [-0.15, -0.1) is 0 Å². The van der Waals surface area contributed by atoms with E-state index in [0.717, 1.165) is 44.4 Å². The van der Waals surface area contributed by atoms with Gasteiger partial charge in [0.1, 0.15) is 0 Å². The maximum absolute atomic E-state index is 12.6. The minimum Gasteiger partial charge on any atom is -0.342 e. The van der Waals surface area contributed by atoms with Gasteiger partial charge in [-0.05, 0) is 53.0 Å². The molecule has 0 radical (unpaired) electrons. The molecular formula is C14H13BrIN3O. The Balaban J connectivity index is 1.94. The normalized spacial score (nSPS) is 24.2. The number of benzene rings is 1. The van der Waals surface area contributed by atoms with Gasteiger partial charge in [-0.25, -0.2) is 4.98 Å². The maximum atomic E-state index is 12.6. The Morgan fingerprint density at radius 1 is 1.35 bits per heavy atom. The highest BCUT2D eigenvalue weighted by Crippen LogP contribution is 2.45. The van der Waals surface area contributed by atoms with Crippen LogP contribution in [0.4, 0.5) is 5.95 Å². The lowest BCUT2D eigenvalue weighted by Gasteiger charge is -2.22. The molecule has 4 rings (SSSR count). The monoisotopic (exact) mass is 445 g/mol. The molecule has 4 nitrogen and oxygen atoms in total. The molecule has 2 aromatic rings. The van der Waals surface area contributed by atoms with Gasteiger partial charge in [-0.2, -0.15) is 0 Å². The summed E-state index contributed by atoms with van der Waals surface area (Å²) < 4.78 is 3.62. The lowest BCUT2D eigenvalue weighted by Crippen LogP contribution is -2.31. The number of fused-ring (bicyclic) bond motifs is 2. The van der Waals surface area contributed by atoms with Gasteiger partial charge in [0.05, 0.1) is 10.9 Å². The van der Waals surface area contributed by atoms with Crippen molar-refractivity contribution in [3.63, 3.8) is 0 Å². The number of rotatable bonds is 1. The molecule has 2 atom stereocenters. The van der Waals surface area contributed by atoms with Gasteiger partial charge in [0.25, 0.3) is 5.56 Å². The van der Waals surface area contributed by atoms with Crippen molar-refractivity contribution in [2.75, 3.05) is 18.0 Å². The molecule has 2 fully saturated rings. The highest BCUT2D eigenvalue weighted by Gasteiger charge is 2.46. The van der Waals surface area contributed by atoms with E-state index in [1.165, 1.54) is 6.42 Å². The summed E-state index contributed by atoms with van der Waals surface area (Å²) in [6.07, 6.45) is 1.35. The van der Waals surface area contributed by atoms with Crippen LogP contribution in [-0.2, 0) is 7.05 Å². The number of aromatic nitrogens is 2. The highest BCUT2D eigenvalue weighted by atomic mass is 127. The van der Waals surface area contributed by atoms with E-state index in [0.29, 0.717) is 5.39 Å². The number of nitrogens with zero attached hydrogens (tertiary/aromatic N) is 3. The largest absolute Gasteiger partial charge is 0.342 e. The molecule has 0 N–H and O–H groups in total. The zero-order valence-corrected chi connectivity index (χ0v) is 14.7. The summed E-state index contributed by atoms with van der Waals surface area (Å²) in [5.74, 6) is 2.47. The Morgan fingerprint density at radius 2 is 2.05 bits per heavy atom. The van der Waals surface area contributed by atoms with Gasteiger partial charge < -0.3 is 4.90 Å². The Kier molecular flexibility index (Phi) is 2.89. The summed E-state index contributed by atoms with van der Waals surface area (Å²) in [6, 6.07) is 3.86. The molecule has 0 amide bonds. The third kappa shape index (κ3) is 1.91. The number of hydrogen-bond donors (Lipinski definition) is 0. The van der Waals surface area contributed by atoms with Crippen molar-refractivity contribution in [1.29, 1.82) is 0 Å². The fourth-order valence-electron chi connectivity index (χ4n) is 3.13. The van der Waals surface area contributed by atoms with Gasteiger partial charge in [0.15, 0.2) is 0 Å². The van der Waals surface area contributed by atoms with Crippen molar-refractivity contribution in [2.45, 2.75) is 6.42 Å². The summed E-state index contributed by atoms with van der Waals surface area (Å²) in [5.41, 5.74) is 0.845. The van der Waals surface area contributed by atoms with Crippen LogP contribution in [0.3, 0.4) is 0 Å². The molecule has 0 bridgehead atoms. The van der Waals surface area contributed by atoms with Crippen LogP contribution in [0, 0.1) is 15.4 Å². The topological polar surface area (TPSA) is 38.1 Å². The van der Waals surface area contributed by atoms with Crippen molar-refractivity contribution in [2.24, 2.45) is 18.9 Å². The van der Waals surface area contributed by atoms with Crippen LogP contribution in [0.2, 0.25) is 0 Å². The molecule has 104 valence electrons. The van der Waals surface area contributed by atoms with Gasteiger partial charge in [0, 0.05) is 28.2 Å². The average molecular weight is 446 g/mol. The molecule has 20 heavy (non-hydrogen) atoms. The number of hydrogen-bond acceptors (Lipinski definition) is 3. The Labute approximate surface area is 138 Å². The van der Waals surface area contributed by atoms with Crippen LogP contribution in [0.1, 0.15) is 6.42 Å². The van der Waals surface area contributed by atoms with Crippen LogP contribution in [-0.4, -0.2) is 22.6 Å². The second kappa shape index (κ2) is 4.43. The van der Waals surface area contributed by atoms with E-state index in [4.69, 9.17) is 4.98 Å². The molecule has 1 aromatic heterocycles. The van der Waals surface area contributed by atoms with Crippen molar-refractivity contribution >= 4 is 55.4 Å². The number of halogens is 2. The third-order valence-electron chi connectivity index (χ3n) is 4.34. The van der Waals surface area contributed by atoms with Crippen molar-refractivity contribution < 1.29 is 0 Å². The molecule has 1 aliphatic carbocycles. The summed E-state index contributed by atoms with van der Waals surface area (Å²) in [4.78, 5) is 19.6. The minimum atomic E-state index is 0.0322. The van der Waals surface area contributed by atoms with Gasteiger partial charge in [-0.3, -0.25) is 9.36 Å². The molecule has 6 heteroatoms. The van der Waals surface area contributed by atoms with Crippen LogP contribution in [0.15, 0.2) is 21.4 Å². The second-order valence-electron chi connectivity index (χ2n) is 5.72. The van der Waals surface area contributed by atoms with Crippen LogP contribution in [0.5, 0.6) is 0 Å². The van der Waals surface area contributed by atoms with Crippen molar-refractivity contribution in [3.8, 4) is 0 Å². The molecule has 2 aliphatic rings. The van der Waals surface area contributed by atoms with E-state index in [-0.39, 0.29) is 5.56 Å². The maximum Gasteiger partial charge on any atom is 0.262 e. The summed E-state index contributed by atoms with van der Waals surface area (Å²) in [6.45, 7) is 2.09. The molecule has 1 saturated carbocycles. The molecule has 2 unspecified atom stereocenters. The molecule has 2 heterocycles. The summed E-state index contributed by atoms with van der Waals surface area (Å²) in [5, 5.41) is 0.680. The standard InChI is InChI=1S/C14H13BrIN3O/c1-18-13(20)10-3-9(15)4-11(16)12(10)17-14(18)19-5-7-2-8(7)6-19/h3-4,7-8H,2,5-6H2,1H3. The molecule has 0 spiro atoms. The summed E-state index contributed by atoms with van der Waals surface area (Å²) in [7, 11) is 1.82. The van der Waals surface area contributed by atoms with Crippen LogP contribution < -0.4 is 10.5 Å². The van der Waals surface area contributed by atoms with Crippen LogP contribution >= 0.6 is 38.5 Å². The van der Waals surface area contributed by atoms with E-state index < -0.39 is 0 Å². The zero-order chi connectivity index (χ0) is 14.0. The van der Waals surface area contributed by atoms with Gasteiger partial charge in [0.2, 0.25) is 5.95 Å². The lowest BCUT2D eigenvalue weighted by atomic mass is 10.2. The first-order valence-corrected chi connectivity index (χ1v) is 8.52. The van der Waals surface area contributed by atoms with E-state index in [9.17, 15) is 4.79 Å². The Morgan fingerprint density at radius 3 is 2.75 bits per heavy atom. The summed E-state index contributed by atoms with van der Waals surface area (Å²) >= 11 is 5.69. The zero-order valence-electron chi connectivity index (χ0n) is 10.9. The first kappa shape index (κ1) is 13.1. The van der Waals surface area contributed by atoms with Crippen LogP contribution in [0.25, 0.3) is 10.9 Å². The Bertz CT molecular complexity index is 778. The molecule has 1 aromatic carbocycles. The fraction of sp³-hybridized carbons (Fsp3) is 0.429. The van der Waals surface area contributed by atoms with E-state index >= 15 is 0 Å². The smallest absolute Gasteiger partial charge is 0.262 e. The highest BCUT2D eigenvalue weighted by molar-refractivity contribution is 14.1. The predicted molar refractivity (Wildman–Crippen MR) is 91.2 cm³/mol. The van der Waals surface area contributed by atoms with Crippen molar-refractivity contribution in [3.05, 3.63) is 30.5 Å². The lowest BCUT2D eigenvalue weighted by molar-refractivity contribution is 0.730. The van der Waals surface area contributed by atoms with Gasteiger partial charge in [-0.1, -0.05) is 15.9 Å². The first-order valence-electron chi connectivity index (χ1n) is 6.65. The average Bonchev–Trinajstić information content (AvgIpc) is 3.01. The second-order valence-corrected chi connectivity index (χ2v) is 7.80. The first-order chi connectivity index (χ1) is 9.54. The molecule has 1 saturated heterocycles. The molecular weight excluding hydrogens is 433 g/mol. The quantitative estimate of drug-likeness (QED) is 0.633.